The van der Waals surface area contributed by atoms with Crippen LogP contribution in [0.25, 0.3) is 0 Å². The summed E-state index contributed by atoms with van der Waals surface area (Å²) in [5.74, 6) is -0.262. The molecule has 0 saturated carbocycles. The highest BCUT2D eigenvalue weighted by Crippen LogP contribution is 2.10. The van der Waals surface area contributed by atoms with E-state index in [-0.39, 0.29) is 5.91 Å². The van der Waals surface area contributed by atoms with Crippen molar-refractivity contribution < 1.29 is 4.79 Å². The summed E-state index contributed by atoms with van der Waals surface area (Å²) in [4.78, 5) is 12.1. The Hall–Kier alpha value is -2.74. The Morgan fingerprint density at radius 2 is 2.08 bits per heavy atom. The zero-order chi connectivity index (χ0) is 16.9. The van der Waals surface area contributed by atoms with Gasteiger partial charge in [-0.3, -0.25) is 14.2 Å². The van der Waals surface area contributed by atoms with Gasteiger partial charge in [-0.1, -0.05) is 12.1 Å². The summed E-state index contributed by atoms with van der Waals surface area (Å²) < 4.78 is 4.42. The fourth-order valence-electron chi connectivity index (χ4n) is 2.11. The molecule has 1 aromatic carbocycles. The minimum Gasteiger partial charge on any atom is -0.267 e. The van der Waals surface area contributed by atoms with Crippen LogP contribution in [0.2, 0.25) is 0 Å². The fraction of sp³-hybridized carbons (Fsp3) is 0.125. The number of aromatic nitrogens is 4. The Balaban J connectivity index is 1.59. The Kier molecular flexibility index (Phi) is 4.85. The van der Waals surface area contributed by atoms with Gasteiger partial charge in [-0.05, 0) is 39.7 Å². The summed E-state index contributed by atoms with van der Waals surface area (Å²) in [6.07, 6.45) is 6.85. The molecule has 0 atom stereocenters. The lowest BCUT2D eigenvalue weighted by atomic mass is 10.1. The van der Waals surface area contributed by atoms with Crippen molar-refractivity contribution in [2.24, 2.45) is 12.1 Å². The largest absolute Gasteiger partial charge is 0.271 e. The average Bonchev–Trinajstić information content (AvgIpc) is 3.17. The maximum absolute atomic E-state index is 12.1. The third-order valence-electron chi connectivity index (χ3n) is 3.38. The summed E-state index contributed by atoms with van der Waals surface area (Å²) in [6.45, 7) is 0.645. The molecular formula is C16H15BrN6O. The number of hydrazone groups is 1. The number of hydrogen-bond acceptors (Lipinski definition) is 4. The van der Waals surface area contributed by atoms with E-state index in [0.717, 1.165) is 15.7 Å². The van der Waals surface area contributed by atoms with Crippen LogP contribution < -0.4 is 5.43 Å². The number of aryl methyl sites for hydroxylation is 1. The van der Waals surface area contributed by atoms with E-state index in [9.17, 15) is 4.79 Å². The molecule has 3 rings (SSSR count). The van der Waals surface area contributed by atoms with E-state index in [1.165, 1.54) is 0 Å². The molecule has 1 N–H and O–H groups in total. The van der Waals surface area contributed by atoms with Crippen LogP contribution in [0.5, 0.6) is 0 Å². The maximum atomic E-state index is 12.1. The first-order chi connectivity index (χ1) is 11.6. The number of amides is 1. The molecule has 2 aromatic heterocycles. The van der Waals surface area contributed by atoms with Gasteiger partial charge in [0.05, 0.1) is 29.1 Å². The fourth-order valence-corrected chi connectivity index (χ4v) is 2.43. The Labute approximate surface area is 147 Å². The number of benzene rings is 1. The maximum Gasteiger partial charge on any atom is 0.271 e. The first-order valence-electron chi connectivity index (χ1n) is 7.20. The second kappa shape index (κ2) is 7.22. The Morgan fingerprint density at radius 1 is 1.29 bits per heavy atom. The van der Waals surface area contributed by atoms with Gasteiger partial charge < -0.3 is 0 Å². The van der Waals surface area contributed by atoms with Crippen LogP contribution in [0.4, 0.5) is 0 Å². The van der Waals surface area contributed by atoms with Crippen molar-refractivity contribution in [1.29, 1.82) is 0 Å². The molecule has 0 unspecified atom stereocenters. The van der Waals surface area contributed by atoms with Gasteiger partial charge in [-0.15, -0.1) is 0 Å². The van der Waals surface area contributed by atoms with Crippen LogP contribution in [0.15, 0.2) is 58.5 Å². The second-order valence-electron chi connectivity index (χ2n) is 5.13. The van der Waals surface area contributed by atoms with Crippen LogP contribution >= 0.6 is 15.9 Å². The first kappa shape index (κ1) is 16.1. The molecule has 0 bridgehead atoms. The van der Waals surface area contributed by atoms with Gasteiger partial charge in [0.25, 0.3) is 5.91 Å². The average molecular weight is 387 g/mol. The van der Waals surface area contributed by atoms with E-state index < -0.39 is 0 Å². The molecule has 0 aliphatic heterocycles. The van der Waals surface area contributed by atoms with Gasteiger partial charge in [0.1, 0.15) is 0 Å². The lowest BCUT2D eigenvalue weighted by Gasteiger charge is -2.04. The van der Waals surface area contributed by atoms with Crippen LogP contribution in [0, 0.1) is 0 Å². The molecule has 1 amide bonds. The van der Waals surface area contributed by atoms with Crippen molar-refractivity contribution in [1.82, 2.24) is 25.0 Å². The smallest absolute Gasteiger partial charge is 0.267 e. The third-order valence-corrected chi connectivity index (χ3v) is 3.79. The molecule has 0 fully saturated rings. The van der Waals surface area contributed by atoms with E-state index in [4.69, 9.17) is 0 Å². The van der Waals surface area contributed by atoms with Crippen molar-refractivity contribution in [3.63, 3.8) is 0 Å². The molecule has 7 nitrogen and oxygen atoms in total. The summed E-state index contributed by atoms with van der Waals surface area (Å²) in [5.41, 5.74) is 4.90. The first-order valence-corrected chi connectivity index (χ1v) is 7.99. The second-order valence-corrected chi connectivity index (χ2v) is 6.05. The molecule has 8 heteroatoms. The number of carbonyl (C=O) groups is 1. The predicted octanol–water partition coefficient (Wildman–Crippen LogP) is 2.19. The number of carbonyl (C=O) groups excluding carboxylic acids is 1. The number of rotatable bonds is 5. The number of hydrogen-bond donors (Lipinski definition) is 1. The van der Waals surface area contributed by atoms with E-state index in [1.54, 1.807) is 48.5 Å². The summed E-state index contributed by atoms with van der Waals surface area (Å²) in [6, 6.07) is 9.13. The Morgan fingerprint density at radius 3 is 2.71 bits per heavy atom. The molecule has 24 heavy (non-hydrogen) atoms. The Bertz CT molecular complexity index is 865. The summed E-state index contributed by atoms with van der Waals surface area (Å²) >= 11 is 3.36. The standard InChI is InChI=1S/C16H15BrN6O/c1-22-15(6-7-19-22)9-18-21-16(24)13-4-2-12(3-5-13)10-23-11-14(17)8-20-23/h2-9,11H,10H2,1H3,(H,21,24)/b18-9-. The minimum atomic E-state index is -0.262. The highest BCUT2D eigenvalue weighted by Gasteiger charge is 2.05. The summed E-state index contributed by atoms with van der Waals surface area (Å²) in [7, 11) is 1.81. The highest BCUT2D eigenvalue weighted by atomic mass is 79.9. The van der Waals surface area contributed by atoms with Gasteiger partial charge in [0, 0.05) is 25.0 Å². The minimum absolute atomic E-state index is 0.262. The van der Waals surface area contributed by atoms with Crippen LogP contribution in [0.3, 0.4) is 0 Å². The lowest BCUT2D eigenvalue weighted by Crippen LogP contribution is -2.18. The van der Waals surface area contributed by atoms with E-state index >= 15 is 0 Å². The molecule has 2 heterocycles. The van der Waals surface area contributed by atoms with Crippen molar-refractivity contribution in [3.8, 4) is 0 Å². The molecule has 122 valence electrons. The zero-order valence-electron chi connectivity index (χ0n) is 12.9. The molecule has 3 aromatic rings. The van der Waals surface area contributed by atoms with Crippen molar-refractivity contribution in [2.45, 2.75) is 6.54 Å². The van der Waals surface area contributed by atoms with E-state index in [0.29, 0.717) is 12.1 Å². The van der Waals surface area contributed by atoms with Gasteiger partial charge in [-0.2, -0.15) is 15.3 Å². The van der Waals surface area contributed by atoms with Crippen LogP contribution in [0.1, 0.15) is 21.6 Å². The lowest BCUT2D eigenvalue weighted by molar-refractivity contribution is 0.0955. The van der Waals surface area contributed by atoms with Gasteiger partial charge in [0.2, 0.25) is 0 Å². The highest BCUT2D eigenvalue weighted by molar-refractivity contribution is 9.10. The molecule has 0 aliphatic carbocycles. The molecule has 0 aliphatic rings. The van der Waals surface area contributed by atoms with E-state index in [2.05, 4.69) is 36.7 Å². The van der Waals surface area contributed by atoms with Gasteiger partial charge in [-0.25, -0.2) is 5.43 Å². The van der Waals surface area contributed by atoms with Gasteiger partial charge in [0.15, 0.2) is 0 Å². The normalized spacial score (nSPS) is 11.1. The van der Waals surface area contributed by atoms with Crippen molar-refractivity contribution >= 4 is 28.1 Å². The third kappa shape index (κ3) is 3.96. The quantitative estimate of drug-likeness (QED) is 0.539. The molecular weight excluding hydrogens is 372 g/mol. The predicted molar refractivity (Wildman–Crippen MR) is 93.7 cm³/mol. The number of halogens is 1. The number of nitrogens with zero attached hydrogens (tertiary/aromatic N) is 5. The SMILES string of the molecule is Cn1nccc1/C=N\NC(=O)c1ccc(Cn2cc(Br)cn2)cc1. The number of nitrogens with one attached hydrogen (secondary N) is 1. The molecule has 0 radical (unpaired) electrons. The zero-order valence-corrected chi connectivity index (χ0v) is 14.5. The molecule has 0 spiro atoms. The van der Waals surface area contributed by atoms with E-state index in [1.807, 2.05) is 23.0 Å². The topological polar surface area (TPSA) is 77.1 Å². The van der Waals surface area contributed by atoms with Gasteiger partial charge >= 0.3 is 0 Å². The van der Waals surface area contributed by atoms with Crippen LogP contribution in [-0.4, -0.2) is 31.7 Å². The summed E-state index contributed by atoms with van der Waals surface area (Å²) in [5, 5.41) is 12.2. The molecule has 0 saturated heterocycles. The van der Waals surface area contributed by atoms with Crippen molar-refractivity contribution in [2.75, 3.05) is 0 Å². The van der Waals surface area contributed by atoms with Crippen LogP contribution in [-0.2, 0) is 13.6 Å². The van der Waals surface area contributed by atoms with Crippen molar-refractivity contribution in [3.05, 3.63) is 70.2 Å². The monoisotopic (exact) mass is 386 g/mol.